The molecule has 0 amide bonds. The molecule has 0 radical (unpaired) electrons. The van der Waals surface area contributed by atoms with Crippen molar-refractivity contribution < 1.29 is 8.42 Å². The molecule has 118 valence electrons. The van der Waals surface area contributed by atoms with Crippen LogP contribution in [0, 0.1) is 5.92 Å². The molecule has 1 saturated carbocycles. The molecule has 21 heavy (non-hydrogen) atoms. The molecule has 1 aromatic carbocycles. The fraction of sp³-hybridized carbons (Fsp3) is 0.625. The summed E-state index contributed by atoms with van der Waals surface area (Å²) < 4.78 is 27.5. The smallest absolute Gasteiger partial charge is 0.207 e. The first-order valence-corrected chi connectivity index (χ1v) is 9.57. The monoisotopic (exact) mass is 329 g/mol. The van der Waals surface area contributed by atoms with Crippen molar-refractivity contribution in [3.8, 4) is 0 Å². The van der Waals surface area contributed by atoms with Crippen molar-refractivity contribution in [1.82, 2.24) is 4.31 Å². The van der Waals surface area contributed by atoms with Gasteiger partial charge in [0, 0.05) is 18.5 Å². The Kier molecular flexibility index (Phi) is 5.33. The normalized spacial score (nSPS) is 15.9. The van der Waals surface area contributed by atoms with E-state index in [1.807, 2.05) is 6.07 Å². The Hall–Kier alpha value is -0.580. The summed E-state index contributed by atoms with van der Waals surface area (Å²) in [5, 5.41) is 0. The van der Waals surface area contributed by atoms with Gasteiger partial charge in [-0.25, -0.2) is 8.42 Å². The highest BCUT2D eigenvalue weighted by atomic mass is 35.5. The van der Waals surface area contributed by atoms with Crippen LogP contribution in [0.3, 0.4) is 0 Å². The molecule has 0 spiro atoms. The van der Waals surface area contributed by atoms with Crippen LogP contribution in [0.2, 0.25) is 0 Å². The Morgan fingerprint density at radius 3 is 2.43 bits per heavy atom. The molecule has 0 heterocycles. The lowest BCUT2D eigenvalue weighted by Crippen LogP contribution is -2.36. The van der Waals surface area contributed by atoms with Crippen molar-refractivity contribution in [3.63, 3.8) is 0 Å². The highest BCUT2D eigenvalue weighted by molar-refractivity contribution is 7.89. The average molecular weight is 330 g/mol. The number of hydrogen-bond donors (Lipinski definition) is 0. The molecule has 0 aliphatic heterocycles. The Morgan fingerprint density at radius 2 is 1.95 bits per heavy atom. The van der Waals surface area contributed by atoms with Crippen LogP contribution in [0.25, 0.3) is 0 Å². The van der Waals surface area contributed by atoms with E-state index in [2.05, 4.69) is 20.8 Å². The summed E-state index contributed by atoms with van der Waals surface area (Å²) in [6, 6.07) is 5.55. The van der Waals surface area contributed by atoms with Gasteiger partial charge in [0.15, 0.2) is 0 Å². The highest BCUT2D eigenvalue weighted by Gasteiger charge is 2.38. The van der Waals surface area contributed by atoms with Crippen molar-refractivity contribution in [2.45, 2.75) is 56.9 Å². The summed E-state index contributed by atoms with van der Waals surface area (Å²) in [5.41, 5.74) is 2.03. The molecule has 5 heteroatoms. The Balaban J connectivity index is 2.37. The van der Waals surface area contributed by atoms with Gasteiger partial charge in [0.1, 0.15) is 0 Å². The first-order valence-electron chi connectivity index (χ1n) is 7.59. The Labute approximate surface area is 133 Å². The molecule has 0 bridgehead atoms. The van der Waals surface area contributed by atoms with Gasteiger partial charge < -0.3 is 0 Å². The van der Waals surface area contributed by atoms with Gasteiger partial charge in [0.05, 0.1) is 4.90 Å². The van der Waals surface area contributed by atoms with Crippen molar-refractivity contribution in [2.75, 3.05) is 6.54 Å². The second kappa shape index (κ2) is 6.67. The second-order valence-corrected chi connectivity index (χ2v) is 8.28. The molecule has 1 aliphatic carbocycles. The number of sulfonamides is 1. The van der Waals surface area contributed by atoms with Crippen LogP contribution < -0.4 is 0 Å². The van der Waals surface area contributed by atoms with E-state index in [1.54, 1.807) is 16.4 Å². The van der Waals surface area contributed by atoms with Crippen LogP contribution >= 0.6 is 11.6 Å². The van der Waals surface area contributed by atoms with Gasteiger partial charge in [-0.05, 0) is 48.4 Å². The van der Waals surface area contributed by atoms with E-state index in [1.165, 1.54) is 0 Å². The molecule has 1 aromatic rings. The maximum atomic E-state index is 12.9. The molecular formula is C16H24ClNO2S. The maximum absolute atomic E-state index is 12.9. The molecule has 0 N–H and O–H groups in total. The molecule has 3 nitrogen and oxygen atoms in total. The number of benzene rings is 1. The lowest BCUT2D eigenvalue weighted by molar-refractivity contribution is 0.360. The number of alkyl halides is 1. The molecule has 1 fully saturated rings. The summed E-state index contributed by atoms with van der Waals surface area (Å²) in [6.07, 6.45) is 2.81. The first-order chi connectivity index (χ1) is 9.90. The van der Waals surface area contributed by atoms with Crippen LogP contribution in [-0.4, -0.2) is 25.3 Å². The molecule has 2 rings (SSSR count). The molecule has 0 aromatic heterocycles. The summed E-state index contributed by atoms with van der Waals surface area (Å²) in [5.74, 6) is 0.669. The SMILES string of the molecule is CCc1ccc(S(=O)(=O)N(CC(C)C)C2CC2)cc1CCl. The lowest BCUT2D eigenvalue weighted by Gasteiger charge is -2.24. The summed E-state index contributed by atoms with van der Waals surface area (Å²) in [7, 11) is -3.42. The fourth-order valence-electron chi connectivity index (χ4n) is 2.53. The van der Waals surface area contributed by atoms with E-state index in [4.69, 9.17) is 11.6 Å². The largest absolute Gasteiger partial charge is 0.243 e. The third-order valence-corrected chi connectivity index (χ3v) is 6.01. The number of nitrogens with zero attached hydrogens (tertiary/aromatic N) is 1. The zero-order valence-electron chi connectivity index (χ0n) is 13.0. The van der Waals surface area contributed by atoms with Crippen LogP contribution in [0.1, 0.15) is 44.7 Å². The third-order valence-electron chi connectivity index (χ3n) is 3.81. The Bertz CT molecular complexity index is 594. The zero-order valence-corrected chi connectivity index (χ0v) is 14.5. The van der Waals surface area contributed by atoms with Gasteiger partial charge in [0.25, 0.3) is 0 Å². The molecule has 1 aliphatic rings. The van der Waals surface area contributed by atoms with Crippen molar-refractivity contribution in [1.29, 1.82) is 0 Å². The third kappa shape index (κ3) is 3.79. The fourth-order valence-corrected chi connectivity index (χ4v) is 4.68. The van der Waals surface area contributed by atoms with Gasteiger partial charge >= 0.3 is 0 Å². The van der Waals surface area contributed by atoms with E-state index in [0.29, 0.717) is 23.2 Å². The number of aryl methyl sites for hydroxylation is 1. The quantitative estimate of drug-likeness (QED) is 0.713. The van der Waals surface area contributed by atoms with Crippen LogP contribution in [0.5, 0.6) is 0 Å². The molecular weight excluding hydrogens is 306 g/mol. The van der Waals surface area contributed by atoms with E-state index in [9.17, 15) is 8.42 Å². The topological polar surface area (TPSA) is 37.4 Å². The van der Waals surface area contributed by atoms with E-state index in [0.717, 1.165) is 30.4 Å². The highest BCUT2D eigenvalue weighted by Crippen LogP contribution is 2.33. The maximum Gasteiger partial charge on any atom is 0.243 e. The molecule has 0 unspecified atom stereocenters. The summed E-state index contributed by atoms with van der Waals surface area (Å²) in [6.45, 7) is 6.73. The van der Waals surface area contributed by atoms with Gasteiger partial charge in [-0.3, -0.25) is 0 Å². The summed E-state index contributed by atoms with van der Waals surface area (Å²) in [4.78, 5) is 0.378. The van der Waals surface area contributed by atoms with Crippen LogP contribution in [-0.2, 0) is 22.3 Å². The number of hydrogen-bond acceptors (Lipinski definition) is 2. The van der Waals surface area contributed by atoms with Crippen LogP contribution in [0.4, 0.5) is 0 Å². The number of halogens is 1. The first kappa shape index (κ1) is 16.8. The van der Waals surface area contributed by atoms with Gasteiger partial charge in [0.2, 0.25) is 10.0 Å². The minimum absolute atomic E-state index is 0.183. The molecule has 0 saturated heterocycles. The van der Waals surface area contributed by atoms with E-state index < -0.39 is 10.0 Å². The van der Waals surface area contributed by atoms with Crippen LogP contribution in [0.15, 0.2) is 23.1 Å². The van der Waals surface area contributed by atoms with Crippen molar-refractivity contribution in [3.05, 3.63) is 29.3 Å². The summed E-state index contributed by atoms with van der Waals surface area (Å²) >= 11 is 5.96. The standard InChI is InChI=1S/C16H24ClNO2S/c1-4-13-5-8-16(9-14(13)10-17)21(19,20)18(11-12(2)3)15-6-7-15/h5,8-9,12,15H,4,6-7,10-11H2,1-3H3. The predicted molar refractivity (Wildman–Crippen MR) is 87.1 cm³/mol. The number of rotatable bonds is 7. The van der Waals surface area contributed by atoms with E-state index >= 15 is 0 Å². The lowest BCUT2D eigenvalue weighted by atomic mass is 10.1. The molecule has 0 atom stereocenters. The van der Waals surface area contributed by atoms with E-state index in [-0.39, 0.29) is 6.04 Å². The zero-order chi connectivity index (χ0) is 15.6. The average Bonchev–Trinajstić information content (AvgIpc) is 3.28. The minimum atomic E-state index is -3.42. The van der Waals surface area contributed by atoms with Crippen molar-refractivity contribution in [2.24, 2.45) is 5.92 Å². The van der Waals surface area contributed by atoms with Gasteiger partial charge in [-0.15, -0.1) is 11.6 Å². The van der Waals surface area contributed by atoms with Crippen molar-refractivity contribution >= 4 is 21.6 Å². The van der Waals surface area contributed by atoms with Gasteiger partial charge in [-0.2, -0.15) is 4.31 Å². The minimum Gasteiger partial charge on any atom is -0.207 e. The van der Waals surface area contributed by atoms with Gasteiger partial charge in [-0.1, -0.05) is 26.8 Å². The predicted octanol–water partition coefficient (Wildman–Crippen LogP) is 3.80. The second-order valence-electron chi connectivity index (χ2n) is 6.12. The Morgan fingerprint density at radius 1 is 1.29 bits per heavy atom.